The lowest BCUT2D eigenvalue weighted by atomic mass is 9.84. The molecule has 0 aliphatic carbocycles. The Morgan fingerprint density at radius 1 is 1.06 bits per heavy atom. The lowest BCUT2D eigenvalue weighted by Crippen LogP contribution is -2.47. The number of amides is 2. The minimum absolute atomic E-state index is 0.0946. The normalized spacial score (nSPS) is 23.9. The fraction of sp³-hybridized carbons (Fsp3) is 0.417. The molecule has 9 nitrogen and oxygen atoms in total. The van der Waals surface area contributed by atoms with Gasteiger partial charge in [-0.1, -0.05) is 0 Å². The Labute approximate surface area is 203 Å². The van der Waals surface area contributed by atoms with Crippen molar-refractivity contribution < 1.29 is 46.8 Å². The first kappa shape index (κ1) is 24.2. The number of hydrogen-bond acceptors (Lipinski definition) is 7. The SMILES string of the molecule is O=C(C[C@H]1C[C@H]2c3cc(NC(=O)c4ccc5c(c4)OCO5)ccc3O[C@H]2[C@H](CO)O1)NCC(F)(F)F. The second kappa shape index (κ2) is 9.51. The van der Waals surface area contributed by atoms with Gasteiger partial charge in [0.25, 0.3) is 5.91 Å². The number of alkyl halides is 3. The standard InChI is InChI=1S/C24H23F3N2O7/c25-24(26,27)10-28-21(31)8-14-7-16-15-6-13(2-4-17(15)36-22(16)20(9-30)35-14)29-23(32)12-1-3-18-19(5-12)34-11-33-18/h1-6,14,16,20,22,30H,7-11H2,(H,28,31)(H,29,32)/t14-,16+,20+,22-/m1/s1. The van der Waals surface area contributed by atoms with Crippen LogP contribution in [0.4, 0.5) is 18.9 Å². The van der Waals surface area contributed by atoms with Crippen LogP contribution in [0.15, 0.2) is 36.4 Å². The molecule has 4 atom stereocenters. The molecule has 5 rings (SSSR count). The Bertz CT molecular complexity index is 1170. The van der Waals surface area contributed by atoms with Gasteiger partial charge in [-0.25, -0.2) is 0 Å². The van der Waals surface area contributed by atoms with Gasteiger partial charge in [0.05, 0.1) is 19.1 Å². The van der Waals surface area contributed by atoms with Crippen LogP contribution in [0.1, 0.15) is 34.7 Å². The van der Waals surface area contributed by atoms with Gasteiger partial charge in [0.15, 0.2) is 11.5 Å². The first-order valence-corrected chi connectivity index (χ1v) is 11.3. The summed E-state index contributed by atoms with van der Waals surface area (Å²) in [6, 6.07) is 9.99. The molecule has 0 radical (unpaired) electrons. The van der Waals surface area contributed by atoms with E-state index >= 15 is 0 Å². The highest BCUT2D eigenvalue weighted by molar-refractivity contribution is 6.04. The average Bonchev–Trinajstić information content (AvgIpc) is 3.46. The van der Waals surface area contributed by atoms with E-state index in [0.717, 1.165) is 5.56 Å². The van der Waals surface area contributed by atoms with Crippen LogP contribution < -0.4 is 24.8 Å². The summed E-state index contributed by atoms with van der Waals surface area (Å²) in [7, 11) is 0. The van der Waals surface area contributed by atoms with Gasteiger partial charge in [0.2, 0.25) is 12.7 Å². The van der Waals surface area contributed by atoms with Crippen molar-refractivity contribution in [2.75, 3.05) is 25.3 Å². The number of carbonyl (C=O) groups excluding carboxylic acids is 2. The number of ether oxygens (including phenoxy) is 4. The Balaban J connectivity index is 1.29. The monoisotopic (exact) mass is 508 g/mol. The number of carbonyl (C=O) groups is 2. The van der Waals surface area contributed by atoms with E-state index in [9.17, 15) is 27.9 Å². The van der Waals surface area contributed by atoms with Gasteiger partial charge in [0, 0.05) is 22.7 Å². The smallest absolute Gasteiger partial charge is 0.405 e. The van der Waals surface area contributed by atoms with Crippen LogP contribution in [-0.4, -0.2) is 61.4 Å². The third-order valence-corrected chi connectivity index (χ3v) is 6.29. The topological polar surface area (TPSA) is 115 Å². The van der Waals surface area contributed by atoms with Crippen molar-refractivity contribution in [2.24, 2.45) is 0 Å². The molecule has 3 aliphatic heterocycles. The number of hydrogen-bond donors (Lipinski definition) is 3. The molecule has 0 bridgehead atoms. The summed E-state index contributed by atoms with van der Waals surface area (Å²) < 4.78 is 59.5. The zero-order chi connectivity index (χ0) is 25.4. The van der Waals surface area contributed by atoms with Crippen molar-refractivity contribution in [3.63, 3.8) is 0 Å². The zero-order valence-corrected chi connectivity index (χ0v) is 18.8. The summed E-state index contributed by atoms with van der Waals surface area (Å²) in [4.78, 5) is 24.8. The molecule has 1 saturated heterocycles. The van der Waals surface area contributed by atoms with Crippen LogP contribution in [0.3, 0.4) is 0 Å². The van der Waals surface area contributed by atoms with Gasteiger partial charge < -0.3 is 34.7 Å². The van der Waals surface area contributed by atoms with Gasteiger partial charge >= 0.3 is 6.18 Å². The molecule has 3 heterocycles. The van der Waals surface area contributed by atoms with Crippen LogP contribution in [0.5, 0.6) is 17.2 Å². The van der Waals surface area contributed by atoms with Crippen LogP contribution in [0.25, 0.3) is 0 Å². The summed E-state index contributed by atoms with van der Waals surface area (Å²) in [5.41, 5.74) is 1.64. The molecule has 2 aromatic carbocycles. The maximum Gasteiger partial charge on any atom is 0.405 e. The van der Waals surface area contributed by atoms with E-state index in [1.165, 1.54) is 0 Å². The maximum absolute atomic E-state index is 12.8. The molecule has 1 fully saturated rings. The van der Waals surface area contributed by atoms with Crippen molar-refractivity contribution in [1.82, 2.24) is 5.32 Å². The molecule has 0 unspecified atom stereocenters. The molecule has 36 heavy (non-hydrogen) atoms. The fourth-order valence-electron chi connectivity index (χ4n) is 4.69. The molecular weight excluding hydrogens is 485 g/mol. The minimum Gasteiger partial charge on any atom is -0.487 e. The van der Waals surface area contributed by atoms with Gasteiger partial charge in [-0.05, 0) is 42.8 Å². The van der Waals surface area contributed by atoms with Crippen LogP contribution in [-0.2, 0) is 9.53 Å². The number of halogens is 3. The van der Waals surface area contributed by atoms with Crippen molar-refractivity contribution in [1.29, 1.82) is 0 Å². The highest BCUT2D eigenvalue weighted by Gasteiger charge is 2.46. The van der Waals surface area contributed by atoms with Crippen molar-refractivity contribution in [3.8, 4) is 17.2 Å². The van der Waals surface area contributed by atoms with E-state index in [-0.39, 0.29) is 31.6 Å². The Morgan fingerprint density at radius 2 is 1.83 bits per heavy atom. The highest BCUT2D eigenvalue weighted by atomic mass is 19.4. The van der Waals surface area contributed by atoms with E-state index in [1.54, 1.807) is 36.4 Å². The highest BCUT2D eigenvalue weighted by Crippen LogP contribution is 2.47. The van der Waals surface area contributed by atoms with Crippen LogP contribution in [0, 0.1) is 0 Å². The molecule has 12 heteroatoms. The van der Waals surface area contributed by atoms with Gasteiger partial charge in [0.1, 0.15) is 24.5 Å². The third kappa shape index (κ3) is 5.05. The van der Waals surface area contributed by atoms with E-state index in [2.05, 4.69) is 5.32 Å². The lowest BCUT2D eigenvalue weighted by Gasteiger charge is -2.37. The van der Waals surface area contributed by atoms with Crippen LogP contribution >= 0.6 is 0 Å². The Kier molecular flexibility index (Phi) is 6.39. The quantitative estimate of drug-likeness (QED) is 0.550. The summed E-state index contributed by atoms with van der Waals surface area (Å²) in [6.07, 6.45) is -6.50. The Morgan fingerprint density at radius 3 is 2.61 bits per heavy atom. The number of benzene rings is 2. The molecular formula is C24H23F3N2O7. The van der Waals surface area contributed by atoms with Gasteiger partial charge in [-0.15, -0.1) is 0 Å². The largest absolute Gasteiger partial charge is 0.487 e. The minimum atomic E-state index is -4.51. The van der Waals surface area contributed by atoms with Gasteiger partial charge in [-0.3, -0.25) is 9.59 Å². The Hall–Kier alpha value is -3.51. The molecule has 2 aromatic rings. The predicted molar refractivity (Wildman–Crippen MR) is 118 cm³/mol. The van der Waals surface area contributed by atoms with E-state index in [4.69, 9.17) is 18.9 Å². The second-order valence-corrected chi connectivity index (χ2v) is 8.77. The molecule has 2 amide bonds. The lowest BCUT2D eigenvalue weighted by molar-refractivity contribution is -0.149. The van der Waals surface area contributed by atoms with Crippen molar-refractivity contribution in [2.45, 2.75) is 43.2 Å². The van der Waals surface area contributed by atoms with Gasteiger partial charge in [-0.2, -0.15) is 13.2 Å². The molecule has 192 valence electrons. The molecule has 0 aromatic heterocycles. The average molecular weight is 508 g/mol. The fourth-order valence-corrected chi connectivity index (χ4v) is 4.69. The number of nitrogens with one attached hydrogen (secondary N) is 2. The number of rotatable bonds is 6. The summed E-state index contributed by atoms with van der Waals surface area (Å²) in [6.45, 7) is -1.72. The van der Waals surface area contributed by atoms with E-state index in [0.29, 0.717) is 34.9 Å². The third-order valence-electron chi connectivity index (χ3n) is 6.29. The summed E-state index contributed by atoms with van der Waals surface area (Å²) in [5, 5.41) is 14.5. The van der Waals surface area contributed by atoms with E-state index in [1.807, 2.05) is 5.32 Å². The van der Waals surface area contributed by atoms with E-state index < -0.39 is 36.9 Å². The molecule has 3 N–H and O–H groups in total. The predicted octanol–water partition coefficient (Wildman–Crippen LogP) is 2.73. The molecule has 0 spiro atoms. The molecule has 3 aliphatic rings. The summed E-state index contributed by atoms with van der Waals surface area (Å²) in [5.74, 6) is 0.158. The second-order valence-electron chi connectivity index (χ2n) is 8.77. The summed E-state index contributed by atoms with van der Waals surface area (Å²) >= 11 is 0. The number of anilines is 1. The zero-order valence-electron chi connectivity index (χ0n) is 18.8. The number of aliphatic hydroxyl groups is 1. The first-order chi connectivity index (χ1) is 17.2. The van der Waals surface area contributed by atoms with Crippen LogP contribution in [0.2, 0.25) is 0 Å². The van der Waals surface area contributed by atoms with Crippen molar-refractivity contribution in [3.05, 3.63) is 47.5 Å². The first-order valence-electron chi connectivity index (χ1n) is 11.3. The molecule has 0 saturated carbocycles. The number of aliphatic hydroxyl groups excluding tert-OH is 1. The maximum atomic E-state index is 12.8. The van der Waals surface area contributed by atoms with Crippen molar-refractivity contribution >= 4 is 17.5 Å². The number of fused-ring (bicyclic) bond motifs is 4.